The van der Waals surface area contributed by atoms with Crippen LogP contribution in [0.4, 0.5) is 5.82 Å². The van der Waals surface area contributed by atoms with E-state index in [1.54, 1.807) is 27.7 Å². The third kappa shape index (κ3) is 3.31. The van der Waals surface area contributed by atoms with Crippen molar-refractivity contribution in [2.24, 2.45) is 0 Å². The molecule has 0 saturated heterocycles. The van der Waals surface area contributed by atoms with Gasteiger partial charge in [-0.05, 0) is 50.1 Å². The zero-order valence-corrected chi connectivity index (χ0v) is 17.9. The van der Waals surface area contributed by atoms with Crippen LogP contribution in [0.5, 0.6) is 0 Å². The second-order valence-corrected chi connectivity index (χ2v) is 7.61. The van der Waals surface area contributed by atoms with E-state index in [1.807, 2.05) is 43.3 Å². The van der Waals surface area contributed by atoms with Gasteiger partial charge in [0.15, 0.2) is 11.5 Å². The Bertz CT molecular complexity index is 1450. The Balaban J connectivity index is 1.60. The number of carbonyl (C=O) groups excluding carboxylic acids is 1. The van der Waals surface area contributed by atoms with E-state index in [-0.39, 0.29) is 5.91 Å². The lowest BCUT2D eigenvalue weighted by Gasteiger charge is -2.10. The Morgan fingerprint density at radius 1 is 0.938 bits per heavy atom. The molecular formula is C24H21N7O. The summed E-state index contributed by atoms with van der Waals surface area (Å²) < 4.78 is 3.43. The molecule has 0 aliphatic carbocycles. The van der Waals surface area contributed by atoms with Gasteiger partial charge in [0, 0.05) is 11.6 Å². The highest BCUT2D eigenvalue weighted by atomic mass is 16.1. The molecule has 158 valence electrons. The highest BCUT2D eigenvalue weighted by molar-refractivity contribution is 6.04. The van der Waals surface area contributed by atoms with E-state index < -0.39 is 0 Å². The van der Waals surface area contributed by atoms with E-state index in [0.29, 0.717) is 22.8 Å². The number of amides is 1. The summed E-state index contributed by atoms with van der Waals surface area (Å²) in [6.07, 6.45) is 3.22. The quantitative estimate of drug-likeness (QED) is 0.468. The standard InChI is InChI=1S/C24H21N7O/c1-15-8-7-11-20(17(15)3)30-22-19(13-27-30)23(26-14-25-22)31-21(12-16(2)29-31)28-24(32)18-9-5-4-6-10-18/h4-14H,1-3H3,(H,28,32). The molecule has 8 nitrogen and oxygen atoms in total. The summed E-state index contributed by atoms with van der Waals surface area (Å²) in [5.74, 6) is 0.849. The number of hydrogen-bond acceptors (Lipinski definition) is 5. The minimum Gasteiger partial charge on any atom is -0.306 e. The van der Waals surface area contributed by atoms with Crippen LogP contribution in [0.25, 0.3) is 22.5 Å². The Hall–Kier alpha value is -4.33. The smallest absolute Gasteiger partial charge is 0.256 e. The highest BCUT2D eigenvalue weighted by Crippen LogP contribution is 2.26. The minimum atomic E-state index is -0.219. The molecule has 1 N–H and O–H groups in total. The number of fused-ring (bicyclic) bond motifs is 1. The van der Waals surface area contributed by atoms with Gasteiger partial charge in [-0.25, -0.2) is 14.6 Å². The van der Waals surface area contributed by atoms with Gasteiger partial charge in [0.2, 0.25) is 0 Å². The first-order chi connectivity index (χ1) is 15.5. The van der Waals surface area contributed by atoms with E-state index >= 15 is 0 Å². The van der Waals surface area contributed by atoms with Gasteiger partial charge >= 0.3 is 0 Å². The van der Waals surface area contributed by atoms with Crippen molar-refractivity contribution in [3.05, 3.63) is 89.5 Å². The molecule has 32 heavy (non-hydrogen) atoms. The van der Waals surface area contributed by atoms with Gasteiger partial charge < -0.3 is 5.32 Å². The lowest BCUT2D eigenvalue weighted by molar-refractivity contribution is 0.102. The van der Waals surface area contributed by atoms with Crippen molar-refractivity contribution in [2.75, 3.05) is 5.32 Å². The first-order valence-corrected chi connectivity index (χ1v) is 10.2. The molecule has 0 aliphatic heterocycles. The molecule has 0 saturated carbocycles. The van der Waals surface area contributed by atoms with Gasteiger partial charge in [-0.3, -0.25) is 4.79 Å². The first kappa shape index (κ1) is 19.6. The molecule has 0 bridgehead atoms. The van der Waals surface area contributed by atoms with Crippen molar-refractivity contribution in [1.29, 1.82) is 0 Å². The van der Waals surface area contributed by atoms with Crippen LogP contribution in [0.1, 0.15) is 27.2 Å². The zero-order chi connectivity index (χ0) is 22.2. The van der Waals surface area contributed by atoms with Crippen LogP contribution in [0, 0.1) is 20.8 Å². The number of hydrogen-bond donors (Lipinski definition) is 1. The van der Waals surface area contributed by atoms with E-state index in [9.17, 15) is 4.79 Å². The van der Waals surface area contributed by atoms with Crippen LogP contribution in [-0.4, -0.2) is 35.4 Å². The largest absolute Gasteiger partial charge is 0.306 e. The van der Waals surface area contributed by atoms with Gasteiger partial charge in [-0.15, -0.1) is 0 Å². The Morgan fingerprint density at radius 2 is 1.75 bits per heavy atom. The maximum atomic E-state index is 12.7. The van der Waals surface area contributed by atoms with Crippen LogP contribution in [0.3, 0.4) is 0 Å². The summed E-state index contributed by atoms with van der Waals surface area (Å²) in [4.78, 5) is 21.7. The van der Waals surface area contributed by atoms with Gasteiger partial charge in [-0.2, -0.15) is 14.9 Å². The summed E-state index contributed by atoms with van der Waals surface area (Å²) in [6, 6.07) is 16.9. The topological polar surface area (TPSA) is 90.5 Å². The van der Waals surface area contributed by atoms with Gasteiger partial charge in [0.25, 0.3) is 5.91 Å². The average molecular weight is 423 g/mol. The van der Waals surface area contributed by atoms with Crippen LogP contribution >= 0.6 is 0 Å². The molecule has 8 heteroatoms. The number of carbonyl (C=O) groups is 1. The minimum absolute atomic E-state index is 0.219. The van der Waals surface area contributed by atoms with E-state index in [1.165, 1.54) is 11.9 Å². The second kappa shape index (κ2) is 7.73. The fraction of sp³-hybridized carbons (Fsp3) is 0.125. The molecule has 1 amide bonds. The summed E-state index contributed by atoms with van der Waals surface area (Å²) in [6.45, 7) is 6.00. The monoisotopic (exact) mass is 423 g/mol. The van der Waals surface area contributed by atoms with Gasteiger partial charge in [0.05, 0.1) is 23.0 Å². The average Bonchev–Trinajstić information content (AvgIpc) is 3.39. The molecule has 5 rings (SSSR count). The summed E-state index contributed by atoms with van der Waals surface area (Å²) >= 11 is 0. The third-order valence-corrected chi connectivity index (χ3v) is 5.46. The van der Waals surface area contributed by atoms with Crippen molar-refractivity contribution >= 4 is 22.8 Å². The number of nitrogens with zero attached hydrogens (tertiary/aromatic N) is 6. The maximum absolute atomic E-state index is 12.7. The first-order valence-electron chi connectivity index (χ1n) is 10.2. The van der Waals surface area contributed by atoms with Crippen LogP contribution in [-0.2, 0) is 0 Å². The number of aryl methyl sites for hydroxylation is 2. The molecule has 3 aromatic heterocycles. The number of anilines is 1. The zero-order valence-electron chi connectivity index (χ0n) is 17.9. The Labute approximate surface area is 184 Å². The normalized spacial score (nSPS) is 11.1. The lowest BCUT2D eigenvalue weighted by Crippen LogP contribution is -2.15. The Morgan fingerprint density at radius 3 is 2.56 bits per heavy atom. The fourth-order valence-electron chi connectivity index (χ4n) is 3.67. The fourth-order valence-corrected chi connectivity index (χ4v) is 3.67. The molecule has 0 spiro atoms. The summed E-state index contributed by atoms with van der Waals surface area (Å²) in [7, 11) is 0. The Kier molecular flexibility index (Phi) is 4.74. The highest BCUT2D eigenvalue weighted by Gasteiger charge is 2.18. The van der Waals surface area contributed by atoms with Crippen LogP contribution in [0.2, 0.25) is 0 Å². The van der Waals surface area contributed by atoms with Crippen LogP contribution in [0.15, 0.2) is 67.1 Å². The number of aromatic nitrogens is 6. The molecule has 3 heterocycles. The predicted octanol–water partition coefficient (Wildman–Crippen LogP) is 4.18. The molecule has 0 atom stereocenters. The van der Waals surface area contributed by atoms with Crippen molar-refractivity contribution in [3.8, 4) is 11.5 Å². The molecule has 5 aromatic rings. The molecule has 0 unspecified atom stereocenters. The van der Waals surface area contributed by atoms with Gasteiger partial charge in [-0.1, -0.05) is 30.3 Å². The third-order valence-electron chi connectivity index (χ3n) is 5.46. The van der Waals surface area contributed by atoms with Crippen LogP contribution < -0.4 is 5.32 Å². The molecule has 0 fully saturated rings. The van der Waals surface area contributed by atoms with E-state index in [2.05, 4.69) is 45.4 Å². The maximum Gasteiger partial charge on any atom is 0.256 e. The van der Waals surface area contributed by atoms with E-state index in [0.717, 1.165) is 22.3 Å². The lowest BCUT2D eigenvalue weighted by atomic mass is 10.1. The van der Waals surface area contributed by atoms with Crippen molar-refractivity contribution in [2.45, 2.75) is 20.8 Å². The van der Waals surface area contributed by atoms with Crippen molar-refractivity contribution < 1.29 is 4.79 Å². The molecular weight excluding hydrogens is 402 g/mol. The molecule has 0 aliphatic rings. The molecule has 0 radical (unpaired) electrons. The SMILES string of the molecule is Cc1cc(NC(=O)c2ccccc2)n(-c2ncnc3c2cnn3-c2cccc(C)c2C)n1. The number of benzene rings is 2. The van der Waals surface area contributed by atoms with Crippen molar-refractivity contribution in [1.82, 2.24) is 29.5 Å². The van der Waals surface area contributed by atoms with E-state index in [4.69, 9.17) is 0 Å². The predicted molar refractivity (Wildman–Crippen MR) is 122 cm³/mol. The summed E-state index contributed by atoms with van der Waals surface area (Å²) in [5, 5.41) is 12.8. The molecule has 2 aromatic carbocycles. The number of nitrogens with one attached hydrogen (secondary N) is 1. The van der Waals surface area contributed by atoms with Gasteiger partial charge in [0.1, 0.15) is 12.1 Å². The number of rotatable bonds is 4. The van der Waals surface area contributed by atoms with Crippen molar-refractivity contribution in [3.63, 3.8) is 0 Å². The summed E-state index contributed by atoms with van der Waals surface area (Å²) in [5.41, 5.74) is 5.24. The second-order valence-electron chi connectivity index (χ2n) is 7.61.